The normalized spacial score (nSPS) is 11.5. The van der Waals surface area contributed by atoms with Crippen LogP contribution in [0.2, 0.25) is 0 Å². The van der Waals surface area contributed by atoms with Crippen molar-refractivity contribution in [2.45, 2.75) is 6.36 Å². The zero-order valence-corrected chi connectivity index (χ0v) is 4.64. The maximum absolute atomic E-state index is 11.3. The molecule has 0 aliphatic carbocycles. The first-order valence-electron chi connectivity index (χ1n) is 2.33. The molecule has 0 saturated carbocycles. The van der Waals surface area contributed by atoms with Crippen LogP contribution in [0.3, 0.4) is 0 Å². The smallest absolute Gasteiger partial charge is 0.386 e. The number of nitrogens with one attached hydrogen (secondary N) is 1. The second kappa shape index (κ2) is 2.20. The maximum atomic E-state index is 11.3. The van der Waals surface area contributed by atoms with E-state index >= 15 is 0 Å². The van der Waals surface area contributed by atoms with E-state index in [0.717, 1.165) is 6.07 Å². The highest BCUT2D eigenvalue weighted by atomic mass is 19.4. The SMILES string of the molecule is FC(F)(F)Oc1cc[nH]n1. The molecule has 1 aromatic heterocycles. The van der Waals surface area contributed by atoms with Gasteiger partial charge < -0.3 is 4.74 Å². The molecule has 0 aliphatic heterocycles. The first-order valence-corrected chi connectivity index (χ1v) is 2.33. The van der Waals surface area contributed by atoms with E-state index in [2.05, 4.69) is 14.9 Å². The van der Waals surface area contributed by atoms with Gasteiger partial charge >= 0.3 is 6.36 Å². The van der Waals surface area contributed by atoms with Gasteiger partial charge in [0.25, 0.3) is 0 Å². The molecule has 3 nitrogen and oxygen atoms in total. The minimum Gasteiger partial charge on any atom is -0.386 e. The predicted octanol–water partition coefficient (Wildman–Crippen LogP) is 1.31. The van der Waals surface area contributed by atoms with Crippen molar-refractivity contribution in [3.8, 4) is 5.88 Å². The fourth-order valence-corrected chi connectivity index (χ4v) is 0.422. The Morgan fingerprint density at radius 2 is 2.20 bits per heavy atom. The van der Waals surface area contributed by atoms with Crippen LogP contribution in [0.25, 0.3) is 0 Å². The fraction of sp³-hybridized carbons (Fsp3) is 0.250. The van der Waals surface area contributed by atoms with Crippen molar-refractivity contribution < 1.29 is 17.9 Å². The molecule has 0 radical (unpaired) electrons. The Morgan fingerprint density at radius 3 is 2.60 bits per heavy atom. The molecule has 0 bridgehead atoms. The number of nitrogens with zero attached hydrogens (tertiary/aromatic N) is 1. The van der Waals surface area contributed by atoms with Gasteiger partial charge in [0.2, 0.25) is 5.88 Å². The van der Waals surface area contributed by atoms with Gasteiger partial charge in [-0.15, -0.1) is 18.3 Å². The van der Waals surface area contributed by atoms with Crippen molar-refractivity contribution >= 4 is 0 Å². The van der Waals surface area contributed by atoms with E-state index in [1.54, 1.807) is 0 Å². The van der Waals surface area contributed by atoms with Crippen molar-refractivity contribution in [1.82, 2.24) is 10.2 Å². The molecule has 0 aromatic carbocycles. The summed E-state index contributed by atoms with van der Waals surface area (Å²) in [5.41, 5.74) is 0. The van der Waals surface area contributed by atoms with Crippen molar-refractivity contribution in [2.24, 2.45) is 0 Å². The van der Waals surface area contributed by atoms with Crippen molar-refractivity contribution in [2.75, 3.05) is 0 Å². The number of hydrogen-bond donors (Lipinski definition) is 1. The Kier molecular flexibility index (Phi) is 1.52. The van der Waals surface area contributed by atoms with Crippen molar-refractivity contribution in [3.63, 3.8) is 0 Å². The number of ether oxygens (including phenoxy) is 1. The lowest BCUT2D eigenvalue weighted by atomic mass is 10.7. The molecule has 1 heterocycles. The molecule has 0 atom stereocenters. The highest BCUT2D eigenvalue weighted by Crippen LogP contribution is 2.19. The van der Waals surface area contributed by atoms with Crippen molar-refractivity contribution in [1.29, 1.82) is 0 Å². The van der Waals surface area contributed by atoms with E-state index in [9.17, 15) is 13.2 Å². The number of halogens is 3. The molecule has 0 saturated heterocycles. The number of aromatic nitrogens is 2. The molecule has 10 heavy (non-hydrogen) atoms. The fourth-order valence-electron chi connectivity index (χ4n) is 0.422. The van der Waals surface area contributed by atoms with Crippen LogP contribution in [-0.2, 0) is 0 Å². The third-order valence-corrected chi connectivity index (χ3v) is 0.695. The van der Waals surface area contributed by atoms with Gasteiger partial charge in [-0.3, -0.25) is 5.10 Å². The van der Waals surface area contributed by atoms with Gasteiger partial charge in [-0.25, -0.2) is 0 Å². The largest absolute Gasteiger partial charge is 0.574 e. The lowest BCUT2D eigenvalue weighted by Gasteiger charge is -2.03. The van der Waals surface area contributed by atoms with Gasteiger partial charge in [0.1, 0.15) is 0 Å². The second-order valence-electron chi connectivity index (χ2n) is 1.46. The molecule has 56 valence electrons. The molecule has 0 amide bonds. The minimum atomic E-state index is -4.66. The van der Waals surface area contributed by atoms with Gasteiger partial charge in [-0.1, -0.05) is 0 Å². The Balaban J connectivity index is 2.57. The summed E-state index contributed by atoms with van der Waals surface area (Å²) in [6.07, 6.45) is -3.42. The van der Waals surface area contributed by atoms with E-state index in [4.69, 9.17) is 0 Å². The Morgan fingerprint density at radius 1 is 1.50 bits per heavy atom. The monoisotopic (exact) mass is 152 g/mol. The summed E-state index contributed by atoms with van der Waals surface area (Å²) in [7, 11) is 0. The summed E-state index contributed by atoms with van der Waals surface area (Å²) in [6, 6.07) is 1.08. The molecule has 1 rings (SSSR count). The highest BCUT2D eigenvalue weighted by Gasteiger charge is 2.31. The average Bonchev–Trinajstić information content (AvgIpc) is 2.12. The van der Waals surface area contributed by atoms with E-state index in [-0.39, 0.29) is 0 Å². The summed E-state index contributed by atoms with van der Waals surface area (Å²) < 4.78 is 37.4. The first kappa shape index (κ1) is 6.91. The summed E-state index contributed by atoms with van der Waals surface area (Å²) in [6.45, 7) is 0. The number of H-pyrrole nitrogens is 1. The number of hydrogen-bond acceptors (Lipinski definition) is 2. The molecule has 0 spiro atoms. The van der Waals surface area contributed by atoms with Crippen LogP contribution in [-0.4, -0.2) is 16.6 Å². The van der Waals surface area contributed by atoms with Crippen LogP contribution in [0.4, 0.5) is 13.2 Å². The minimum absolute atomic E-state index is 0.479. The maximum Gasteiger partial charge on any atom is 0.574 e. The molecule has 0 fully saturated rings. The van der Waals surface area contributed by atoms with E-state index in [0.29, 0.717) is 0 Å². The van der Waals surface area contributed by atoms with Gasteiger partial charge in [-0.05, 0) is 0 Å². The number of rotatable bonds is 1. The summed E-state index contributed by atoms with van der Waals surface area (Å²) in [5, 5.41) is 5.31. The Labute approximate surface area is 53.8 Å². The topological polar surface area (TPSA) is 37.9 Å². The molecule has 1 N–H and O–H groups in total. The van der Waals surface area contributed by atoms with E-state index < -0.39 is 12.2 Å². The van der Waals surface area contributed by atoms with Gasteiger partial charge in [0.15, 0.2) is 0 Å². The van der Waals surface area contributed by atoms with Gasteiger partial charge in [-0.2, -0.15) is 0 Å². The van der Waals surface area contributed by atoms with Crippen LogP contribution in [0.15, 0.2) is 12.3 Å². The molecule has 6 heteroatoms. The van der Waals surface area contributed by atoms with E-state index in [1.165, 1.54) is 6.20 Å². The van der Waals surface area contributed by atoms with E-state index in [1.807, 2.05) is 0 Å². The number of aromatic amines is 1. The third kappa shape index (κ3) is 1.96. The standard InChI is InChI=1S/C4H3F3N2O/c5-4(6,7)10-3-1-2-8-9-3/h1-2H,(H,8,9). The van der Waals surface area contributed by atoms with Crippen LogP contribution in [0.1, 0.15) is 0 Å². The predicted molar refractivity (Wildman–Crippen MR) is 25.3 cm³/mol. The van der Waals surface area contributed by atoms with Crippen LogP contribution in [0.5, 0.6) is 5.88 Å². The van der Waals surface area contributed by atoms with Crippen LogP contribution < -0.4 is 4.74 Å². The van der Waals surface area contributed by atoms with Gasteiger partial charge in [0.05, 0.1) is 0 Å². The summed E-state index contributed by atoms with van der Waals surface area (Å²) in [4.78, 5) is 0. The average molecular weight is 152 g/mol. The van der Waals surface area contributed by atoms with Crippen LogP contribution in [0, 0.1) is 0 Å². The van der Waals surface area contributed by atoms with Gasteiger partial charge in [0, 0.05) is 12.3 Å². The lowest BCUT2D eigenvalue weighted by molar-refractivity contribution is -0.276. The van der Waals surface area contributed by atoms with Crippen molar-refractivity contribution in [3.05, 3.63) is 12.3 Å². The molecule has 1 aromatic rings. The second-order valence-corrected chi connectivity index (χ2v) is 1.46. The van der Waals surface area contributed by atoms with Crippen LogP contribution >= 0.6 is 0 Å². The zero-order valence-electron chi connectivity index (χ0n) is 4.64. The summed E-state index contributed by atoms with van der Waals surface area (Å²) >= 11 is 0. The zero-order chi connectivity index (χ0) is 7.61. The quantitative estimate of drug-likeness (QED) is 0.658. The Hall–Kier alpha value is -1.20. The molecule has 0 aliphatic rings. The lowest BCUT2D eigenvalue weighted by Crippen LogP contribution is -2.17. The third-order valence-electron chi connectivity index (χ3n) is 0.695. The summed E-state index contributed by atoms with van der Waals surface area (Å²) in [5.74, 6) is -0.479. The first-order chi connectivity index (χ1) is 4.58. The Bertz CT molecular complexity index is 193. The molecular weight excluding hydrogens is 149 g/mol. The molecule has 0 unspecified atom stereocenters. The molecular formula is C4H3F3N2O. The number of alkyl halides is 3. The highest BCUT2D eigenvalue weighted by molar-refractivity contribution is 5.04.